The lowest BCUT2D eigenvalue weighted by molar-refractivity contribution is -0.384. The van der Waals surface area contributed by atoms with E-state index in [9.17, 15) is 10.1 Å². The predicted octanol–water partition coefficient (Wildman–Crippen LogP) is 5.95. The van der Waals surface area contributed by atoms with Crippen molar-refractivity contribution >= 4 is 54.8 Å². The molecule has 2 aromatic rings. The highest BCUT2D eigenvalue weighted by Gasteiger charge is 2.14. The van der Waals surface area contributed by atoms with Gasteiger partial charge in [-0.1, -0.05) is 33.6 Å². The molecule has 21 heavy (non-hydrogen) atoms. The van der Waals surface area contributed by atoms with Gasteiger partial charge >= 0.3 is 0 Å². The summed E-state index contributed by atoms with van der Waals surface area (Å²) in [7, 11) is 0. The Kier molecular flexibility index (Phi) is 5.24. The standard InChI is InChI=1S/C14H11Br2ClN2O2/c1-8(11-4-2-9(15)6-13(11)17)18-14-7-10(19(20)21)3-5-12(14)16/h2-8,18H,1H3. The number of nitro groups is 1. The quantitative estimate of drug-likeness (QED) is 0.478. The third kappa shape index (κ3) is 3.96. The molecule has 2 aromatic carbocycles. The Morgan fingerprint density at radius 1 is 1.24 bits per heavy atom. The van der Waals surface area contributed by atoms with Gasteiger partial charge in [0.25, 0.3) is 5.69 Å². The highest BCUT2D eigenvalue weighted by atomic mass is 79.9. The third-order valence-corrected chi connectivity index (χ3v) is 4.47. The summed E-state index contributed by atoms with van der Waals surface area (Å²) in [5.74, 6) is 0. The number of anilines is 1. The summed E-state index contributed by atoms with van der Waals surface area (Å²) in [6, 6.07) is 10.1. The number of halogens is 3. The summed E-state index contributed by atoms with van der Waals surface area (Å²) < 4.78 is 1.66. The first kappa shape index (κ1) is 16.3. The Labute approximate surface area is 143 Å². The Morgan fingerprint density at radius 2 is 1.95 bits per heavy atom. The minimum atomic E-state index is -0.422. The van der Waals surface area contributed by atoms with Gasteiger partial charge in [-0.25, -0.2) is 0 Å². The van der Waals surface area contributed by atoms with E-state index in [1.54, 1.807) is 6.07 Å². The van der Waals surface area contributed by atoms with E-state index < -0.39 is 4.92 Å². The summed E-state index contributed by atoms with van der Waals surface area (Å²) in [6.45, 7) is 1.94. The van der Waals surface area contributed by atoms with Gasteiger partial charge in [-0.15, -0.1) is 0 Å². The largest absolute Gasteiger partial charge is 0.377 e. The average molecular weight is 435 g/mol. The van der Waals surface area contributed by atoms with E-state index in [2.05, 4.69) is 37.2 Å². The zero-order chi connectivity index (χ0) is 15.6. The predicted molar refractivity (Wildman–Crippen MR) is 92.0 cm³/mol. The van der Waals surface area contributed by atoms with Crippen LogP contribution < -0.4 is 5.32 Å². The van der Waals surface area contributed by atoms with Gasteiger partial charge in [0, 0.05) is 26.1 Å². The fraction of sp³-hybridized carbons (Fsp3) is 0.143. The molecule has 0 spiro atoms. The molecule has 7 heteroatoms. The van der Waals surface area contributed by atoms with Crippen molar-refractivity contribution in [3.8, 4) is 0 Å². The van der Waals surface area contributed by atoms with Gasteiger partial charge in [-0.05, 0) is 46.6 Å². The topological polar surface area (TPSA) is 55.2 Å². The highest BCUT2D eigenvalue weighted by molar-refractivity contribution is 9.10. The zero-order valence-corrected chi connectivity index (χ0v) is 14.9. The van der Waals surface area contributed by atoms with Crippen molar-refractivity contribution in [3.63, 3.8) is 0 Å². The first-order chi connectivity index (χ1) is 9.88. The zero-order valence-electron chi connectivity index (χ0n) is 10.9. The second-order valence-corrected chi connectivity index (χ2v) is 6.63. The van der Waals surface area contributed by atoms with Crippen LogP contribution in [0.3, 0.4) is 0 Å². The molecule has 0 radical (unpaired) electrons. The van der Waals surface area contributed by atoms with Crippen LogP contribution in [-0.4, -0.2) is 4.92 Å². The van der Waals surface area contributed by atoms with Crippen LogP contribution in [0.15, 0.2) is 45.3 Å². The van der Waals surface area contributed by atoms with Crippen LogP contribution in [0.25, 0.3) is 0 Å². The average Bonchev–Trinajstić information content (AvgIpc) is 2.40. The van der Waals surface area contributed by atoms with Gasteiger partial charge in [0.15, 0.2) is 0 Å². The normalized spacial score (nSPS) is 12.0. The van der Waals surface area contributed by atoms with Crippen molar-refractivity contribution in [1.82, 2.24) is 0 Å². The molecule has 0 bridgehead atoms. The molecular formula is C14H11Br2ClN2O2. The van der Waals surface area contributed by atoms with Crippen LogP contribution in [0, 0.1) is 10.1 Å². The SMILES string of the molecule is CC(Nc1cc([N+](=O)[O-])ccc1Br)c1ccc(Br)cc1Cl. The highest BCUT2D eigenvalue weighted by Crippen LogP contribution is 2.33. The van der Waals surface area contributed by atoms with E-state index in [0.717, 1.165) is 14.5 Å². The summed E-state index contributed by atoms with van der Waals surface area (Å²) in [6.07, 6.45) is 0. The molecule has 0 aliphatic heterocycles. The number of hydrogen-bond donors (Lipinski definition) is 1. The fourth-order valence-corrected chi connectivity index (χ4v) is 3.10. The molecule has 0 aromatic heterocycles. The molecule has 4 nitrogen and oxygen atoms in total. The maximum absolute atomic E-state index is 10.8. The monoisotopic (exact) mass is 432 g/mol. The first-order valence-corrected chi connectivity index (χ1v) is 8.00. The summed E-state index contributed by atoms with van der Waals surface area (Å²) in [5, 5.41) is 14.7. The Morgan fingerprint density at radius 3 is 2.57 bits per heavy atom. The molecule has 0 saturated carbocycles. The third-order valence-electron chi connectivity index (χ3n) is 2.96. The number of non-ortho nitro benzene ring substituents is 1. The molecule has 0 heterocycles. The molecular weight excluding hydrogens is 423 g/mol. The Hall–Kier alpha value is -1.11. The van der Waals surface area contributed by atoms with Crippen molar-refractivity contribution in [1.29, 1.82) is 0 Å². The molecule has 0 fully saturated rings. The van der Waals surface area contributed by atoms with Gasteiger partial charge in [0.1, 0.15) is 0 Å². The van der Waals surface area contributed by atoms with Gasteiger partial charge in [0.2, 0.25) is 0 Å². The summed E-state index contributed by atoms with van der Waals surface area (Å²) in [4.78, 5) is 10.4. The maximum Gasteiger partial charge on any atom is 0.271 e. The van der Waals surface area contributed by atoms with Crippen LogP contribution in [0.1, 0.15) is 18.5 Å². The number of hydrogen-bond acceptors (Lipinski definition) is 3. The molecule has 110 valence electrons. The minimum Gasteiger partial charge on any atom is -0.377 e. The van der Waals surface area contributed by atoms with E-state index in [0.29, 0.717) is 10.7 Å². The number of nitrogens with one attached hydrogen (secondary N) is 1. The number of rotatable bonds is 4. The van der Waals surface area contributed by atoms with E-state index in [4.69, 9.17) is 11.6 Å². The lowest BCUT2D eigenvalue weighted by Gasteiger charge is -2.18. The van der Waals surface area contributed by atoms with Crippen molar-refractivity contribution in [3.05, 3.63) is 66.0 Å². The molecule has 1 unspecified atom stereocenters. The first-order valence-electron chi connectivity index (χ1n) is 6.04. The second-order valence-electron chi connectivity index (χ2n) is 4.45. The van der Waals surface area contributed by atoms with E-state index in [1.165, 1.54) is 12.1 Å². The Balaban J connectivity index is 2.28. The van der Waals surface area contributed by atoms with E-state index in [-0.39, 0.29) is 11.7 Å². The molecule has 0 aliphatic rings. The van der Waals surface area contributed by atoms with Gasteiger partial charge in [-0.3, -0.25) is 10.1 Å². The molecule has 0 aliphatic carbocycles. The van der Waals surface area contributed by atoms with Crippen LogP contribution >= 0.6 is 43.5 Å². The lowest BCUT2D eigenvalue weighted by Crippen LogP contribution is -2.08. The van der Waals surface area contributed by atoms with Crippen LogP contribution in [0.4, 0.5) is 11.4 Å². The van der Waals surface area contributed by atoms with Crippen LogP contribution in [-0.2, 0) is 0 Å². The van der Waals surface area contributed by atoms with Gasteiger partial charge < -0.3 is 5.32 Å². The second kappa shape index (κ2) is 6.77. The van der Waals surface area contributed by atoms with Crippen molar-refractivity contribution < 1.29 is 4.92 Å². The molecule has 1 atom stereocenters. The molecule has 2 rings (SSSR count). The van der Waals surface area contributed by atoms with Crippen molar-refractivity contribution in [2.75, 3.05) is 5.32 Å². The van der Waals surface area contributed by atoms with Gasteiger partial charge in [0.05, 0.1) is 16.7 Å². The number of nitrogens with zero attached hydrogens (tertiary/aromatic N) is 1. The fourth-order valence-electron chi connectivity index (χ4n) is 1.90. The summed E-state index contributed by atoms with van der Waals surface area (Å²) >= 11 is 13.0. The minimum absolute atomic E-state index is 0.0369. The molecule has 0 saturated heterocycles. The van der Waals surface area contributed by atoms with Crippen molar-refractivity contribution in [2.24, 2.45) is 0 Å². The number of benzene rings is 2. The van der Waals surface area contributed by atoms with E-state index in [1.807, 2.05) is 25.1 Å². The van der Waals surface area contributed by atoms with E-state index >= 15 is 0 Å². The maximum atomic E-state index is 10.8. The number of nitro benzene ring substituents is 1. The van der Waals surface area contributed by atoms with Crippen LogP contribution in [0.2, 0.25) is 5.02 Å². The van der Waals surface area contributed by atoms with Crippen LogP contribution in [0.5, 0.6) is 0 Å². The Bertz CT molecular complexity index is 695. The van der Waals surface area contributed by atoms with Gasteiger partial charge in [-0.2, -0.15) is 0 Å². The molecule has 0 amide bonds. The van der Waals surface area contributed by atoms with Crippen molar-refractivity contribution in [2.45, 2.75) is 13.0 Å². The molecule has 1 N–H and O–H groups in total. The lowest BCUT2D eigenvalue weighted by atomic mass is 10.1. The summed E-state index contributed by atoms with van der Waals surface area (Å²) in [5.41, 5.74) is 1.60. The smallest absolute Gasteiger partial charge is 0.271 e.